The van der Waals surface area contributed by atoms with Gasteiger partial charge in [-0.25, -0.2) is 0 Å². The molecule has 0 aliphatic heterocycles. The lowest BCUT2D eigenvalue weighted by molar-refractivity contribution is 0.102. The maximum atomic E-state index is 12.9. The van der Waals surface area contributed by atoms with E-state index >= 15 is 0 Å². The number of rotatable bonds is 11. The van der Waals surface area contributed by atoms with E-state index in [2.05, 4.69) is 5.32 Å². The van der Waals surface area contributed by atoms with E-state index in [9.17, 15) is 4.79 Å². The average Bonchev–Trinajstić information content (AvgIpc) is 3.00. The maximum absolute atomic E-state index is 12.9. The fourth-order valence-corrected chi connectivity index (χ4v) is 3.92. The van der Waals surface area contributed by atoms with Gasteiger partial charge in [0.1, 0.15) is 37.1 Å². The molecule has 0 radical (unpaired) electrons. The second kappa shape index (κ2) is 13.0. The lowest BCUT2D eigenvalue weighted by Gasteiger charge is -2.11. The van der Waals surface area contributed by atoms with Crippen LogP contribution in [0.2, 0.25) is 0 Å². The Hall–Kier alpha value is -5.03. The van der Waals surface area contributed by atoms with E-state index in [1.54, 1.807) is 12.1 Å². The molecule has 0 spiro atoms. The molecule has 1 amide bonds. The van der Waals surface area contributed by atoms with Crippen molar-refractivity contribution in [2.45, 2.75) is 19.8 Å². The predicted octanol–water partition coefficient (Wildman–Crippen LogP) is 7.68. The second-order valence-corrected chi connectivity index (χ2v) is 8.99. The van der Waals surface area contributed by atoms with Crippen molar-refractivity contribution in [2.24, 2.45) is 0 Å². The molecule has 1 N–H and O–H groups in total. The first kappa shape index (κ1) is 25.6. The lowest BCUT2D eigenvalue weighted by atomic mass is 10.2. The van der Waals surface area contributed by atoms with Crippen molar-refractivity contribution in [2.75, 3.05) is 5.32 Å². The number of amides is 1. The SMILES string of the molecule is O=C(Nc1cccc(OCc2ccccc2)c1)c1cccc(OCc2ccc(OCc3ccccc3)cc2)c1. The summed E-state index contributed by atoms with van der Waals surface area (Å²) in [5, 5.41) is 2.94. The highest BCUT2D eigenvalue weighted by Crippen LogP contribution is 2.21. The first-order valence-electron chi connectivity index (χ1n) is 12.8. The first-order valence-corrected chi connectivity index (χ1v) is 12.8. The summed E-state index contributed by atoms with van der Waals surface area (Å²) in [7, 11) is 0. The molecule has 5 aromatic carbocycles. The molecule has 5 aromatic rings. The Bertz CT molecular complexity index is 1490. The van der Waals surface area contributed by atoms with Gasteiger partial charge in [0.2, 0.25) is 0 Å². The number of anilines is 1. The van der Waals surface area contributed by atoms with E-state index in [-0.39, 0.29) is 5.91 Å². The van der Waals surface area contributed by atoms with E-state index < -0.39 is 0 Å². The summed E-state index contributed by atoms with van der Waals surface area (Å²) in [5.74, 6) is 1.88. The Labute approximate surface area is 228 Å². The van der Waals surface area contributed by atoms with Crippen LogP contribution in [0.5, 0.6) is 17.2 Å². The minimum atomic E-state index is -0.222. The molecule has 0 aliphatic carbocycles. The number of nitrogens with one attached hydrogen (secondary N) is 1. The Kier molecular flexibility index (Phi) is 8.52. The smallest absolute Gasteiger partial charge is 0.255 e. The molecular formula is C34H29NO4. The van der Waals surface area contributed by atoms with Crippen LogP contribution in [0.15, 0.2) is 133 Å². The van der Waals surface area contributed by atoms with Gasteiger partial charge in [-0.05, 0) is 59.2 Å². The molecule has 39 heavy (non-hydrogen) atoms. The summed E-state index contributed by atoms with van der Waals surface area (Å²) in [5.41, 5.74) is 4.37. The van der Waals surface area contributed by atoms with E-state index in [1.165, 1.54) is 0 Å². The molecule has 5 rings (SSSR count). The fraction of sp³-hybridized carbons (Fsp3) is 0.0882. The van der Waals surface area contributed by atoms with Gasteiger partial charge in [-0.2, -0.15) is 0 Å². The zero-order valence-electron chi connectivity index (χ0n) is 21.5. The van der Waals surface area contributed by atoms with E-state index in [0.717, 1.165) is 22.4 Å². The Morgan fingerprint density at radius 1 is 0.487 bits per heavy atom. The summed E-state index contributed by atoms with van der Waals surface area (Å²) in [6.45, 7) is 1.36. The summed E-state index contributed by atoms with van der Waals surface area (Å²) in [6.07, 6.45) is 0. The van der Waals surface area contributed by atoms with Gasteiger partial charge in [0.25, 0.3) is 5.91 Å². The van der Waals surface area contributed by atoms with E-state index in [4.69, 9.17) is 14.2 Å². The largest absolute Gasteiger partial charge is 0.489 e. The molecule has 0 aromatic heterocycles. The van der Waals surface area contributed by atoms with Gasteiger partial charge in [0, 0.05) is 17.3 Å². The van der Waals surface area contributed by atoms with E-state index in [0.29, 0.717) is 42.6 Å². The topological polar surface area (TPSA) is 56.8 Å². The molecule has 0 unspecified atom stereocenters. The highest BCUT2D eigenvalue weighted by atomic mass is 16.5. The van der Waals surface area contributed by atoms with Crippen LogP contribution in [-0.4, -0.2) is 5.91 Å². The van der Waals surface area contributed by atoms with Crippen LogP contribution in [0.4, 0.5) is 5.69 Å². The third-order valence-electron chi connectivity index (χ3n) is 6.01. The highest BCUT2D eigenvalue weighted by Gasteiger charge is 2.09. The van der Waals surface area contributed by atoms with Crippen LogP contribution in [0, 0.1) is 0 Å². The summed E-state index contributed by atoms with van der Waals surface area (Å²) >= 11 is 0. The fourth-order valence-electron chi connectivity index (χ4n) is 3.92. The minimum absolute atomic E-state index is 0.222. The Morgan fingerprint density at radius 3 is 1.62 bits per heavy atom. The monoisotopic (exact) mass is 515 g/mol. The van der Waals surface area contributed by atoms with Gasteiger partial charge in [-0.3, -0.25) is 4.79 Å². The zero-order chi connectivity index (χ0) is 26.7. The van der Waals surface area contributed by atoms with Crippen LogP contribution in [0.1, 0.15) is 27.0 Å². The average molecular weight is 516 g/mol. The first-order chi connectivity index (χ1) is 19.2. The molecule has 5 nitrogen and oxygen atoms in total. The molecule has 0 fully saturated rings. The molecule has 194 valence electrons. The van der Waals surface area contributed by atoms with Crippen LogP contribution in [0.25, 0.3) is 0 Å². The molecule has 0 heterocycles. The molecule has 0 saturated carbocycles. The number of carbonyl (C=O) groups excluding carboxylic acids is 1. The summed E-state index contributed by atoms with van der Waals surface area (Å²) in [6, 6.07) is 42.4. The van der Waals surface area contributed by atoms with Crippen LogP contribution < -0.4 is 19.5 Å². The second-order valence-electron chi connectivity index (χ2n) is 8.99. The number of carbonyl (C=O) groups is 1. The number of ether oxygens (including phenoxy) is 3. The number of hydrogen-bond donors (Lipinski definition) is 1. The van der Waals surface area contributed by atoms with Crippen molar-refractivity contribution < 1.29 is 19.0 Å². The van der Waals surface area contributed by atoms with E-state index in [1.807, 2.05) is 121 Å². The number of benzene rings is 5. The van der Waals surface area contributed by atoms with Gasteiger partial charge in [-0.1, -0.05) is 84.9 Å². The minimum Gasteiger partial charge on any atom is -0.489 e. The van der Waals surface area contributed by atoms with Crippen LogP contribution >= 0.6 is 0 Å². The Morgan fingerprint density at radius 2 is 1.00 bits per heavy atom. The van der Waals surface area contributed by atoms with Crippen molar-refractivity contribution in [3.05, 3.63) is 156 Å². The standard InChI is InChI=1S/C34H29NO4/c36-34(35-30-14-8-16-33(22-30)39-24-27-11-5-2-6-12-27)29-13-7-15-32(21-29)38-25-28-17-19-31(20-18-28)37-23-26-9-3-1-4-10-26/h1-22H,23-25H2,(H,35,36). The molecule has 0 aliphatic rings. The molecular weight excluding hydrogens is 486 g/mol. The van der Waals surface area contributed by atoms with Crippen LogP contribution in [0.3, 0.4) is 0 Å². The molecule has 0 bridgehead atoms. The normalized spacial score (nSPS) is 10.5. The third-order valence-corrected chi connectivity index (χ3v) is 6.01. The van der Waals surface area contributed by atoms with Crippen molar-refractivity contribution in [3.8, 4) is 17.2 Å². The van der Waals surface area contributed by atoms with Crippen molar-refractivity contribution in [3.63, 3.8) is 0 Å². The van der Waals surface area contributed by atoms with Gasteiger partial charge < -0.3 is 19.5 Å². The van der Waals surface area contributed by atoms with Crippen molar-refractivity contribution in [1.82, 2.24) is 0 Å². The maximum Gasteiger partial charge on any atom is 0.255 e. The van der Waals surface area contributed by atoms with Crippen LogP contribution in [-0.2, 0) is 19.8 Å². The summed E-state index contributed by atoms with van der Waals surface area (Å²) < 4.78 is 17.7. The Balaban J connectivity index is 1.13. The molecule has 5 heteroatoms. The van der Waals surface area contributed by atoms with Gasteiger partial charge >= 0.3 is 0 Å². The van der Waals surface area contributed by atoms with Gasteiger partial charge in [0.15, 0.2) is 0 Å². The van der Waals surface area contributed by atoms with Crippen molar-refractivity contribution in [1.29, 1.82) is 0 Å². The third kappa shape index (κ3) is 7.73. The molecule has 0 saturated heterocycles. The van der Waals surface area contributed by atoms with Crippen molar-refractivity contribution >= 4 is 11.6 Å². The zero-order valence-corrected chi connectivity index (χ0v) is 21.5. The number of hydrogen-bond acceptors (Lipinski definition) is 4. The lowest BCUT2D eigenvalue weighted by Crippen LogP contribution is -2.12. The quantitative estimate of drug-likeness (QED) is 0.196. The molecule has 0 atom stereocenters. The summed E-state index contributed by atoms with van der Waals surface area (Å²) in [4.78, 5) is 12.9. The van der Waals surface area contributed by atoms with Gasteiger partial charge in [0.05, 0.1) is 0 Å². The predicted molar refractivity (Wildman–Crippen MR) is 153 cm³/mol. The van der Waals surface area contributed by atoms with Gasteiger partial charge in [-0.15, -0.1) is 0 Å². The highest BCUT2D eigenvalue weighted by molar-refractivity contribution is 6.04.